The van der Waals surface area contributed by atoms with Gasteiger partial charge in [-0.2, -0.15) is 0 Å². The second kappa shape index (κ2) is 8.00. The predicted octanol–water partition coefficient (Wildman–Crippen LogP) is 4.65. The molecule has 0 spiro atoms. The molecule has 0 aliphatic heterocycles. The van der Waals surface area contributed by atoms with E-state index in [2.05, 4.69) is 0 Å². The highest BCUT2D eigenvalue weighted by Gasteiger charge is 2.46. The number of carbonyl (C=O) groups excluding carboxylic acids is 1. The van der Waals surface area contributed by atoms with E-state index in [1.165, 1.54) is 0 Å². The molecule has 0 saturated carbocycles. The molecule has 3 heteroatoms. The van der Waals surface area contributed by atoms with E-state index in [4.69, 9.17) is 9.47 Å². The molecule has 1 unspecified atom stereocenters. The Morgan fingerprint density at radius 2 is 1.46 bits per heavy atom. The Bertz CT molecular complexity index is 591. The van der Waals surface area contributed by atoms with E-state index < -0.39 is 5.60 Å². The van der Waals surface area contributed by atoms with E-state index in [1.54, 1.807) is 0 Å². The summed E-state index contributed by atoms with van der Waals surface area (Å²) in [7, 11) is 0. The van der Waals surface area contributed by atoms with E-state index in [1.807, 2.05) is 88.4 Å². The van der Waals surface area contributed by atoms with Crippen LogP contribution in [0.2, 0.25) is 0 Å². The van der Waals surface area contributed by atoms with Crippen molar-refractivity contribution in [2.24, 2.45) is 5.92 Å². The van der Waals surface area contributed by atoms with Crippen LogP contribution < -0.4 is 4.74 Å². The summed E-state index contributed by atoms with van der Waals surface area (Å²) in [4.78, 5) is 13.0. The van der Waals surface area contributed by atoms with Gasteiger partial charge in [-0.25, -0.2) is 4.79 Å². The maximum absolute atomic E-state index is 13.0. The quantitative estimate of drug-likeness (QED) is 0.695. The van der Waals surface area contributed by atoms with Gasteiger partial charge in [-0.05, 0) is 31.5 Å². The van der Waals surface area contributed by atoms with Gasteiger partial charge in [0.15, 0.2) is 0 Å². The minimum atomic E-state index is -1.06. The molecule has 0 amide bonds. The van der Waals surface area contributed by atoms with Gasteiger partial charge in [0.2, 0.25) is 5.60 Å². The van der Waals surface area contributed by atoms with Gasteiger partial charge in [-0.3, -0.25) is 0 Å². The van der Waals surface area contributed by atoms with Gasteiger partial charge in [0.25, 0.3) is 0 Å². The molecule has 0 aliphatic rings. The molecule has 0 heterocycles. The first-order valence-electron chi connectivity index (χ1n) is 8.43. The van der Waals surface area contributed by atoms with Crippen LogP contribution >= 0.6 is 0 Å². The van der Waals surface area contributed by atoms with Crippen molar-refractivity contribution in [3.63, 3.8) is 0 Å². The van der Waals surface area contributed by atoms with Gasteiger partial charge < -0.3 is 9.47 Å². The molecular formula is C21H26O3. The van der Waals surface area contributed by atoms with E-state index in [0.29, 0.717) is 12.2 Å². The number of esters is 1. The minimum absolute atomic E-state index is 0.0517. The van der Waals surface area contributed by atoms with E-state index in [0.717, 1.165) is 5.56 Å². The number of hydrogen-bond acceptors (Lipinski definition) is 3. The zero-order valence-corrected chi connectivity index (χ0v) is 14.9. The number of benzene rings is 2. The Balaban J connectivity index is 2.41. The zero-order chi connectivity index (χ0) is 17.6. The third kappa shape index (κ3) is 4.38. The first kappa shape index (κ1) is 18.1. The molecule has 1 atom stereocenters. The predicted molar refractivity (Wildman–Crippen MR) is 96.0 cm³/mol. The molecule has 0 aliphatic carbocycles. The average molecular weight is 326 g/mol. The number of hydrogen-bond donors (Lipinski definition) is 0. The molecular weight excluding hydrogens is 300 g/mol. The highest BCUT2D eigenvalue weighted by molar-refractivity contribution is 5.81. The van der Waals surface area contributed by atoms with Crippen molar-refractivity contribution < 1.29 is 14.3 Å². The van der Waals surface area contributed by atoms with E-state index in [9.17, 15) is 4.79 Å². The molecule has 0 bridgehead atoms. The van der Waals surface area contributed by atoms with Crippen molar-refractivity contribution in [3.8, 4) is 5.75 Å². The summed E-state index contributed by atoms with van der Waals surface area (Å²) >= 11 is 0. The average Bonchev–Trinajstić information content (AvgIpc) is 2.55. The molecule has 128 valence electrons. The molecule has 2 aromatic carbocycles. The maximum Gasteiger partial charge on any atom is 0.351 e. The molecule has 2 aromatic rings. The van der Waals surface area contributed by atoms with Crippen molar-refractivity contribution in [1.29, 1.82) is 0 Å². The van der Waals surface area contributed by atoms with Crippen LogP contribution in [0.3, 0.4) is 0 Å². The number of carbonyl (C=O) groups is 1. The molecule has 3 nitrogen and oxygen atoms in total. The Morgan fingerprint density at radius 1 is 0.917 bits per heavy atom. The fourth-order valence-corrected chi connectivity index (χ4v) is 2.62. The van der Waals surface area contributed by atoms with Crippen molar-refractivity contribution in [2.75, 3.05) is 0 Å². The second-order valence-corrected chi connectivity index (χ2v) is 6.58. The first-order valence-corrected chi connectivity index (χ1v) is 8.43. The topological polar surface area (TPSA) is 35.5 Å². The normalized spacial score (nSPS) is 13.6. The van der Waals surface area contributed by atoms with Crippen molar-refractivity contribution in [1.82, 2.24) is 0 Å². The van der Waals surface area contributed by atoms with Gasteiger partial charge in [-0.1, -0.05) is 62.4 Å². The third-order valence-corrected chi connectivity index (χ3v) is 3.97. The van der Waals surface area contributed by atoms with Gasteiger partial charge in [0, 0.05) is 12.3 Å². The SMILES string of the molecule is CC(C)OC(=O)C(Cc1ccccc1)(Oc1ccccc1)C(C)C. The summed E-state index contributed by atoms with van der Waals surface area (Å²) in [5.74, 6) is 0.298. The Kier molecular flexibility index (Phi) is 6.02. The maximum atomic E-state index is 13.0. The lowest BCUT2D eigenvalue weighted by Crippen LogP contribution is -2.52. The lowest BCUT2D eigenvalue weighted by atomic mass is 9.83. The molecule has 0 saturated heterocycles. The van der Waals surface area contributed by atoms with E-state index >= 15 is 0 Å². The molecule has 2 rings (SSSR count). The lowest BCUT2D eigenvalue weighted by Gasteiger charge is -2.36. The van der Waals surface area contributed by atoms with Crippen LogP contribution in [-0.2, 0) is 16.0 Å². The number of para-hydroxylation sites is 1. The van der Waals surface area contributed by atoms with E-state index in [-0.39, 0.29) is 18.0 Å². The van der Waals surface area contributed by atoms with Crippen molar-refractivity contribution >= 4 is 5.97 Å². The summed E-state index contributed by atoms with van der Waals surface area (Å²) < 4.78 is 11.8. The molecule has 24 heavy (non-hydrogen) atoms. The standard InChI is InChI=1S/C21H26O3/c1-16(2)21(20(22)23-17(3)4,15-18-11-7-5-8-12-18)24-19-13-9-6-10-14-19/h5-14,16-17H,15H2,1-4H3. The largest absolute Gasteiger partial charge is 0.475 e. The highest BCUT2D eigenvalue weighted by atomic mass is 16.6. The Labute approximate surface area is 144 Å². The van der Waals surface area contributed by atoms with Crippen LogP contribution in [-0.4, -0.2) is 17.7 Å². The summed E-state index contributed by atoms with van der Waals surface area (Å²) in [6.45, 7) is 7.70. The highest BCUT2D eigenvalue weighted by Crippen LogP contribution is 2.31. The Hall–Kier alpha value is -2.29. The van der Waals surface area contributed by atoms with Gasteiger partial charge in [0.1, 0.15) is 5.75 Å². The third-order valence-electron chi connectivity index (χ3n) is 3.97. The van der Waals surface area contributed by atoms with Crippen molar-refractivity contribution in [2.45, 2.75) is 45.8 Å². The first-order chi connectivity index (χ1) is 11.4. The van der Waals surface area contributed by atoms with Crippen LogP contribution in [0.15, 0.2) is 60.7 Å². The molecule has 0 fully saturated rings. The fourth-order valence-electron chi connectivity index (χ4n) is 2.62. The van der Waals surface area contributed by atoms with Crippen molar-refractivity contribution in [3.05, 3.63) is 66.2 Å². The van der Waals surface area contributed by atoms with Gasteiger partial charge in [0.05, 0.1) is 6.10 Å². The summed E-state index contributed by atoms with van der Waals surface area (Å²) in [6, 6.07) is 19.4. The number of ether oxygens (including phenoxy) is 2. The fraction of sp³-hybridized carbons (Fsp3) is 0.381. The van der Waals surface area contributed by atoms with Gasteiger partial charge in [-0.15, -0.1) is 0 Å². The van der Waals surface area contributed by atoms with Crippen LogP contribution in [0.4, 0.5) is 0 Å². The summed E-state index contributed by atoms with van der Waals surface area (Å²) in [5, 5.41) is 0. The monoisotopic (exact) mass is 326 g/mol. The van der Waals surface area contributed by atoms with Gasteiger partial charge >= 0.3 is 5.97 Å². The molecule has 0 N–H and O–H groups in total. The second-order valence-electron chi connectivity index (χ2n) is 6.58. The van der Waals surface area contributed by atoms with Crippen LogP contribution in [0.25, 0.3) is 0 Å². The molecule has 0 radical (unpaired) electrons. The summed E-state index contributed by atoms with van der Waals surface area (Å²) in [5.41, 5.74) is -0.0182. The van der Waals surface area contributed by atoms with Crippen LogP contribution in [0.1, 0.15) is 33.3 Å². The van der Waals surface area contributed by atoms with Crippen LogP contribution in [0.5, 0.6) is 5.75 Å². The molecule has 0 aromatic heterocycles. The number of rotatable bonds is 7. The van der Waals surface area contributed by atoms with Crippen LogP contribution in [0, 0.1) is 5.92 Å². The minimum Gasteiger partial charge on any atom is -0.475 e. The Morgan fingerprint density at radius 3 is 1.96 bits per heavy atom. The summed E-state index contributed by atoms with van der Waals surface area (Å²) in [6.07, 6.45) is 0.275. The smallest absolute Gasteiger partial charge is 0.351 e. The lowest BCUT2D eigenvalue weighted by molar-refractivity contribution is -0.170. The zero-order valence-electron chi connectivity index (χ0n) is 14.9.